The minimum absolute atomic E-state index is 0.0440. The first kappa shape index (κ1) is 17.4. The van der Waals surface area contributed by atoms with Crippen LogP contribution in [0.25, 0.3) is 11.0 Å². The number of benzene rings is 1. The first-order valence-electron chi connectivity index (χ1n) is 9.06. The fourth-order valence-corrected chi connectivity index (χ4v) is 5.64. The van der Waals surface area contributed by atoms with Gasteiger partial charge in [-0.3, -0.25) is 4.79 Å². The number of carbonyl (C=O) groups is 1. The fourth-order valence-electron chi connectivity index (χ4n) is 3.86. The molecule has 2 heterocycles. The molecule has 1 aromatic carbocycles. The van der Waals surface area contributed by atoms with Crippen LogP contribution in [0, 0.1) is 0 Å². The monoisotopic (exact) mass is 377 g/mol. The van der Waals surface area contributed by atoms with E-state index in [1.807, 2.05) is 18.2 Å². The molecule has 26 heavy (non-hydrogen) atoms. The Labute approximate surface area is 153 Å². The Morgan fingerprint density at radius 1 is 1.31 bits per heavy atom. The van der Waals surface area contributed by atoms with Gasteiger partial charge in [0.1, 0.15) is 17.1 Å². The van der Waals surface area contributed by atoms with Crippen molar-refractivity contribution in [1.29, 1.82) is 0 Å². The predicted molar refractivity (Wildman–Crippen MR) is 98.2 cm³/mol. The standard InChI is InChI=1S/C19H23NO5S/c1-20(13-8-9-26(22,23)12-13)19(21)11-24-14-6-7-18-16(10-14)15-4-2-3-5-17(15)25-18/h6-7,10,13H,2-5,8-9,11-12H2,1H3. The van der Waals surface area contributed by atoms with E-state index < -0.39 is 9.84 Å². The average molecular weight is 377 g/mol. The number of aryl methyl sites for hydroxylation is 2. The summed E-state index contributed by atoms with van der Waals surface area (Å²) in [6.07, 6.45) is 4.82. The second-order valence-corrected chi connectivity index (χ2v) is 9.45. The Kier molecular flexibility index (Phi) is 4.42. The van der Waals surface area contributed by atoms with E-state index in [0.29, 0.717) is 12.2 Å². The van der Waals surface area contributed by atoms with Crippen molar-refractivity contribution in [1.82, 2.24) is 4.90 Å². The molecule has 0 saturated carbocycles. The number of amides is 1. The molecule has 1 saturated heterocycles. The van der Waals surface area contributed by atoms with Crippen molar-refractivity contribution in [2.24, 2.45) is 0 Å². The molecule has 1 aromatic heterocycles. The van der Waals surface area contributed by atoms with Gasteiger partial charge in [0.2, 0.25) is 0 Å². The third-order valence-electron chi connectivity index (χ3n) is 5.44. The molecule has 7 heteroatoms. The van der Waals surface area contributed by atoms with Crippen LogP contribution in [-0.4, -0.2) is 50.4 Å². The zero-order valence-electron chi connectivity index (χ0n) is 14.9. The quantitative estimate of drug-likeness (QED) is 0.817. The molecule has 1 fully saturated rings. The van der Waals surface area contributed by atoms with Gasteiger partial charge in [-0.25, -0.2) is 8.42 Å². The minimum atomic E-state index is -3.01. The molecule has 1 unspecified atom stereocenters. The molecule has 140 valence electrons. The van der Waals surface area contributed by atoms with Crippen LogP contribution in [0.3, 0.4) is 0 Å². The number of likely N-dealkylation sites (N-methyl/N-ethyl adjacent to an activating group) is 1. The van der Waals surface area contributed by atoms with E-state index in [2.05, 4.69) is 0 Å². The fraction of sp³-hybridized carbons (Fsp3) is 0.526. The minimum Gasteiger partial charge on any atom is -0.484 e. The van der Waals surface area contributed by atoms with Crippen molar-refractivity contribution in [3.05, 3.63) is 29.5 Å². The maximum absolute atomic E-state index is 12.3. The smallest absolute Gasteiger partial charge is 0.260 e. The van der Waals surface area contributed by atoms with Gasteiger partial charge in [0, 0.05) is 30.5 Å². The SMILES string of the molecule is CN(C(=O)COc1ccc2oc3c(c2c1)CCCC3)C1CCS(=O)(=O)C1. The van der Waals surface area contributed by atoms with E-state index >= 15 is 0 Å². The van der Waals surface area contributed by atoms with Crippen LogP contribution in [0.5, 0.6) is 5.75 Å². The second kappa shape index (κ2) is 6.61. The van der Waals surface area contributed by atoms with Crippen LogP contribution >= 0.6 is 0 Å². The Balaban J connectivity index is 1.43. The molecular formula is C19H23NO5S. The summed E-state index contributed by atoms with van der Waals surface area (Å²) in [6, 6.07) is 5.39. The molecule has 0 radical (unpaired) electrons. The summed E-state index contributed by atoms with van der Waals surface area (Å²) in [6.45, 7) is -0.0986. The number of nitrogens with zero attached hydrogens (tertiary/aromatic N) is 1. The van der Waals surface area contributed by atoms with Gasteiger partial charge in [-0.2, -0.15) is 0 Å². The van der Waals surface area contributed by atoms with Crippen LogP contribution < -0.4 is 4.74 Å². The largest absolute Gasteiger partial charge is 0.484 e. The van der Waals surface area contributed by atoms with E-state index in [1.165, 1.54) is 16.9 Å². The van der Waals surface area contributed by atoms with Gasteiger partial charge in [-0.15, -0.1) is 0 Å². The highest BCUT2D eigenvalue weighted by molar-refractivity contribution is 7.91. The maximum Gasteiger partial charge on any atom is 0.260 e. The van der Waals surface area contributed by atoms with Crippen LogP contribution in [0.2, 0.25) is 0 Å². The van der Waals surface area contributed by atoms with Gasteiger partial charge in [0.05, 0.1) is 11.5 Å². The van der Waals surface area contributed by atoms with Crippen molar-refractivity contribution in [2.75, 3.05) is 25.2 Å². The van der Waals surface area contributed by atoms with Crippen molar-refractivity contribution in [2.45, 2.75) is 38.1 Å². The summed E-state index contributed by atoms with van der Waals surface area (Å²) in [5.41, 5.74) is 2.13. The summed E-state index contributed by atoms with van der Waals surface area (Å²) in [7, 11) is -1.37. The third kappa shape index (κ3) is 3.32. The first-order chi connectivity index (χ1) is 12.4. The number of carbonyl (C=O) groups excluding carboxylic acids is 1. The van der Waals surface area contributed by atoms with E-state index in [-0.39, 0.29) is 30.1 Å². The summed E-state index contributed by atoms with van der Waals surface area (Å²) >= 11 is 0. The zero-order valence-corrected chi connectivity index (χ0v) is 15.7. The summed E-state index contributed by atoms with van der Waals surface area (Å²) < 4.78 is 34.8. The number of furan rings is 1. The highest BCUT2D eigenvalue weighted by atomic mass is 32.2. The molecule has 1 atom stereocenters. The van der Waals surface area contributed by atoms with Gasteiger partial charge in [0.25, 0.3) is 5.91 Å². The van der Waals surface area contributed by atoms with Crippen LogP contribution in [-0.2, 0) is 27.5 Å². The Hall–Kier alpha value is -2.02. The number of sulfone groups is 1. The van der Waals surface area contributed by atoms with Crippen molar-refractivity contribution in [3.63, 3.8) is 0 Å². The molecule has 1 aliphatic heterocycles. The van der Waals surface area contributed by atoms with Gasteiger partial charge < -0.3 is 14.1 Å². The lowest BCUT2D eigenvalue weighted by Crippen LogP contribution is -2.40. The van der Waals surface area contributed by atoms with Crippen LogP contribution in [0.15, 0.2) is 22.6 Å². The molecule has 1 amide bonds. The molecule has 4 rings (SSSR count). The topological polar surface area (TPSA) is 76.8 Å². The Morgan fingerprint density at radius 2 is 2.12 bits per heavy atom. The number of hydrogen-bond donors (Lipinski definition) is 0. The molecule has 0 spiro atoms. The van der Waals surface area contributed by atoms with E-state index in [1.54, 1.807) is 7.05 Å². The lowest BCUT2D eigenvalue weighted by atomic mass is 9.96. The van der Waals surface area contributed by atoms with Gasteiger partial charge >= 0.3 is 0 Å². The third-order valence-corrected chi connectivity index (χ3v) is 7.19. The molecule has 0 N–H and O–H groups in total. The van der Waals surface area contributed by atoms with Crippen LogP contribution in [0.1, 0.15) is 30.6 Å². The highest BCUT2D eigenvalue weighted by Crippen LogP contribution is 2.34. The van der Waals surface area contributed by atoms with Gasteiger partial charge in [0.15, 0.2) is 16.4 Å². The normalized spacial score (nSPS) is 21.5. The first-order valence-corrected chi connectivity index (χ1v) is 10.9. The van der Waals surface area contributed by atoms with E-state index in [9.17, 15) is 13.2 Å². The average Bonchev–Trinajstić information content (AvgIpc) is 3.18. The molecular weight excluding hydrogens is 354 g/mol. The van der Waals surface area contributed by atoms with Gasteiger partial charge in [-0.1, -0.05) is 0 Å². The maximum atomic E-state index is 12.3. The molecule has 2 aliphatic rings. The molecule has 1 aliphatic carbocycles. The number of fused-ring (bicyclic) bond motifs is 3. The van der Waals surface area contributed by atoms with Crippen molar-refractivity contribution in [3.8, 4) is 5.75 Å². The lowest BCUT2D eigenvalue weighted by molar-refractivity contribution is -0.133. The summed E-state index contributed by atoms with van der Waals surface area (Å²) in [5.74, 6) is 1.69. The van der Waals surface area contributed by atoms with Crippen LogP contribution in [0.4, 0.5) is 0 Å². The lowest BCUT2D eigenvalue weighted by Gasteiger charge is -2.23. The van der Waals surface area contributed by atoms with Crippen molar-refractivity contribution >= 4 is 26.7 Å². The van der Waals surface area contributed by atoms with E-state index in [4.69, 9.17) is 9.15 Å². The summed E-state index contributed by atoms with van der Waals surface area (Å²) in [4.78, 5) is 13.9. The Bertz CT molecular complexity index is 946. The number of ether oxygens (including phenoxy) is 1. The highest BCUT2D eigenvalue weighted by Gasteiger charge is 2.32. The summed E-state index contributed by atoms with van der Waals surface area (Å²) in [5, 5.41) is 1.07. The van der Waals surface area contributed by atoms with E-state index in [0.717, 1.165) is 36.0 Å². The Morgan fingerprint density at radius 3 is 2.88 bits per heavy atom. The molecule has 2 aromatic rings. The zero-order chi connectivity index (χ0) is 18.3. The predicted octanol–water partition coefficient (Wildman–Crippen LogP) is 2.34. The van der Waals surface area contributed by atoms with Gasteiger partial charge in [-0.05, 0) is 43.9 Å². The molecule has 0 bridgehead atoms. The van der Waals surface area contributed by atoms with Crippen molar-refractivity contribution < 1.29 is 22.4 Å². The number of hydrogen-bond acceptors (Lipinski definition) is 5. The second-order valence-electron chi connectivity index (χ2n) is 7.22. The number of rotatable bonds is 4. The molecule has 6 nitrogen and oxygen atoms in total.